The van der Waals surface area contributed by atoms with Gasteiger partial charge in [-0.05, 0) is 43.5 Å². The van der Waals surface area contributed by atoms with Crippen molar-refractivity contribution in [3.05, 3.63) is 54.1 Å². The van der Waals surface area contributed by atoms with Crippen molar-refractivity contribution in [1.82, 2.24) is 14.8 Å². The summed E-state index contributed by atoms with van der Waals surface area (Å²) in [6.45, 7) is 1.91. The summed E-state index contributed by atoms with van der Waals surface area (Å²) in [7, 11) is 0. The number of aliphatic hydroxyl groups is 1. The van der Waals surface area contributed by atoms with Crippen LogP contribution in [0.25, 0.3) is 20.8 Å². The van der Waals surface area contributed by atoms with Crippen LogP contribution < -0.4 is 0 Å². The van der Waals surface area contributed by atoms with Crippen LogP contribution in [0.1, 0.15) is 29.6 Å². The highest BCUT2D eigenvalue weighted by Gasteiger charge is 2.45. The monoisotopic (exact) mass is 421 g/mol. The Labute approximate surface area is 178 Å². The molecule has 7 heteroatoms. The molecule has 154 valence electrons. The molecule has 1 saturated carbocycles. The van der Waals surface area contributed by atoms with Crippen LogP contribution in [-0.2, 0) is 4.79 Å². The number of nitrogens with zero attached hydrogens (tertiary/aromatic N) is 3. The number of benzene rings is 2. The lowest BCUT2D eigenvalue weighted by atomic mass is 9.79. The van der Waals surface area contributed by atoms with E-state index in [1.54, 1.807) is 21.1 Å². The number of hydrogen-bond acceptors (Lipinski definition) is 5. The summed E-state index contributed by atoms with van der Waals surface area (Å²) in [4.78, 5) is 33.5. The predicted octanol–water partition coefficient (Wildman–Crippen LogP) is 3.16. The number of thiazole rings is 1. The van der Waals surface area contributed by atoms with E-state index in [0.29, 0.717) is 44.6 Å². The SMILES string of the molecule is O=C(c1ccc(-c2nc3ccccc3s2)cc1)N1CCN(C(=O)C2(O)CCC2)CC1. The maximum absolute atomic E-state index is 12.9. The zero-order chi connectivity index (χ0) is 20.7. The van der Waals surface area contributed by atoms with Gasteiger partial charge in [0.25, 0.3) is 11.8 Å². The topological polar surface area (TPSA) is 73.7 Å². The van der Waals surface area contributed by atoms with Gasteiger partial charge in [-0.1, -0.05) is 24.3 Å². The minimum Gasteiger partial charge on any atom is -0.380 e. The van der Waals surface area contributed by atoms with E-state index in [-0.39, 0.29) is 11.8 Å². The van der Waals surface area contributed by atoms with Gasteiger partial charge < -0.3 is 14.9 Å². The van der Waals surface area contributed by atoms with E-state index in [1.807, 2.05) is 42.5 Å². The van der Waals surface area contributed by atoms with E-state index in [4.69, 9.17) is 0 Å². The second-order valence-electron chi connectivity index (χ2n) is 8.03. The second-order valence-corrected chi connectivity index (χ2v) is 9.06. The molecule has 1 aromatic heterocycles. The summed E-state index contributed by atoms with van der Waals surface area (Å²) in [5, 5.41) is 11.2. The molecular weight excluding hydrogens is 398 g/mol. The van der Waals surface area contributed by atoms with Gasteiger partial charge in [0.15, 0.2) is 0 Å². The third-order valence-electron chi connectivity index (χ3n) is 6.11. The van der Waals surface area contributed by atoms with Gasteiger partial charge >= 0.3 is 0 Å². The summed E-state index contributed by atoms with van der Waals surface area (Å²) >= 11 is 1.64. The third-order valence-corrected chi connectivity index (χ3v) is 7.19. The molecule has 2 fully saturated rings. The largest absolute Gasteiger partial charge is 0.380 e. The Kier molecular flexibility index (Phi) is 4.79. The maximum Gasteiger partial charge on any atom is 0.254 e. The van der Waals surface area contributed by atoms with Crippen LogP contribution >= 0.6 is 11.3 Å². The van der Waals surface area contributed by atoms with Crippen molar-refractivity contribution in [2.45, 2.75) is 24.9 Å². The Morgan fingerprint density at radius 2 is 1.60 bits per heavy atom. The number of hydrogen-bond donors (Lipinski definition) is 1. The number of amides is 2. The van der Waals surface area contributed by atoms with Crippen LogP contribution in [0.4, 0.5) is 0 Å². The first kappa shape index (κ1) is 19.2. The average Bonchev–Trinajstić information content (AvgIpc) is 3.21. The summed E-state index contributed by atoms with van der Waals surface area (Å²) in [5.41, 5.74) is 1.45. The average molecular weight is 422 g/mol. The normalized spacial score (nSPS) is 18.3. The van der Waals surface area contributed by atoms with Gasteiger partial charge in [-0.25, -0.2) is 4.98 Å². The number of piperazine rings is 1. The van der Waals surface area contributed by atoms with Gasteiger partial charge in [-0.2, -0.15) is 0 Å². The van der Waals surface area contributed by atoms with E-state index in [9.17, 15) is 14.7 Å². The van der Waals surface area contributed by atoms with Gasteiger partial charge in [0.05, 0.1) is 10.2 Å². The van der Waals surface area contributed by atoms with Crippen molar-refractivity contribution in [2.75, 3.05) is 26.2 Å². The molecule has 1 aliphatic heterocycles. The molecular formula is C23H23N3O3S. The molecule has 2 aliphatic rings. The predicted molar refractivity (Wildman–Crippen MR) is 116 cm³/mol. The van der Waals surface area contributed by atoms with Gasteiger partial charge in [-0.3, -0.25) is 9.59 Å². The third kappa shape index (κ3) is 3.38. The molecule has 0 unspecified atom stereocenters. The van der Waals surface area contributed by atoms with Crippen LogP contribution in [-0.4, -0.2) is 63.5 Å². The van der Waals surface area contributed by atoms with Crippen LogP contribution in [0.5, 0.6) is 0 Å². The Balaban J connectivity index is 1.24. The van der Waals surface area contributed by atoms with Crippen molar-refractivity contribution in [2.24, 2.45) is 0 Å². The molecule has 0 bridgehead atoms. The Morgan fingerprint density at radius 1 is 0.933 bits per heavy atom. The van der Waals surface area contributed by atoms with Gasteiger partial charge in [0.1, 0.15) is 10.6 Å². The van der Waals surface area contributed by atoms with Crippen LogP contribution in [0.15, 0.2) is 48.5 Å². The first-order chi connectivity index (χ1) is 14.5. The highest BCUT2D eigenvalue weighted by molar-refractivity contribution is 7.21. The molecule has 1 N–H and O–H groups in total. The lowest BCUT2D eigenvalue weighted by molar-refractivity contribution is -0.161. The molecule has 0 spiro atoms. The molecule has 6 nitrogen and oxygen atoms in total. The highest BCUT2D eigenvalue weighted by atomic mass is 32.1. The maximum atomic E-state index is 12.9. The van der Waals surface area contributed by atoms with Gasteiger partial charge in [0, 0.05) is 37.3 Å². The molecule has 3 aromatic rings. The molecule has 2 aromatic carbocycles. The van der Waals surface area contributed by atoms with Crippen LogP contribution in [0, 0.1) is 0 Å². The standard InChI is InChI=1S/C23H23N3O3S/c27-21(25-12-14-26(15-13-25)22(28)23(29)10-3-11-23)17-8-6-16(7-9-17)20-24-18-4-1-2-5-19(18)30-20/h1-2,4-9,29H,3,10-15H2. The number of fused-ring (bicyclic) bond motifs is 1. The molecule has 5 rings (SSSR count). The minimum absolute atomic E-state index is 0.0275. The smallest absolute Gasteiger partial charge is 0.254 e. The van der Waals surface area contributed by atoms with Gasteiger partial charge in [0.2, 0.25) is 0 Å². The number of carbonyl (C=O) groups is 2. The molecule has 0 atom stereocenters. The fraction of sp³-hybridized carbons (Fsp3) is 0.348. The molecule has 2 amide bonds. The Hall–Kier alpha value is -2.77. The molecule has 0 radical (unpaired) electrons. The first-order valence-electron chi connectivity index (χ1n) is 10.3. The quantitative estimate of drug-likeness (QED) is 0.705. The number of para-hydroxylation sites is 1. The zero-order valence-electron chi connectivity index (χ0n) is 16.6. The number of carbonyl (C=O) groups excluding carboxylic acids is 2. The lowest BCUT2D eigenvalue weighted by Gasteiger charge is -2.42. The fourth-order valence-electron chi connectivity index (χ4n) is 4.07. The van der Waals surface area contributed by atoms with Gasteiger partial charge in [-0.15, -0.1) is 11.3 Å². The van der Waals surface area contributed by atoms with Crippen molar-refractivity contribution in [3.8, 4) is 10.6 Å². The van der Waals surface area contributed by atoms with E-state index >= 15 is 0 Å². The second kappa shape index (κ2) is 7.49. The van der Waals surface area contributed by atoms with E-state index < -0.39 is 5.60 Å². The molecule has 30 heavy (non-hydrogen) atoms. The highest BCUT2D eigenvalue weighted by Crippen LogP contribution is 2.34. The van der Waals surface area contributed by atoms with Crippen molar-refractivity contribution >= 4 is 33.4 Å². The Morgan fingerprint density at radius 3 is 2.23 bits per heavy atom. The van der Waals surface area contributed by atoms with Crippen LogP contribution in [0.3, 0.4) is 0 Å². The zero-order valence-corrected chi connectivity index (χ0v) is 17.4. The summed E-state index contributed by atoms with van der Waals surface area (Å²) in [6, 6.07) is 15.6. The summed E-state index contributed by atoms with van der Waals surface area (Å²) in [5.74, 6) is -0.207. The fourth-order valence-corrected chi connectivity index (χ4v) is 5.04. The minimum atomic E-state index is -1.16. The molecule has 2 heterocycles. The van der Waals surface area contributed by atoms with Crippen molar-refractivity contribution in [1.29, 1.82) is 0 Å². The van der Waals surface area contributed by atoms with Crippen molar-refractivity contribution < 1.29 is 14.7 Å². The Bertz CT molecular complexity index is 1060. The summed E-state index contributed by atoms with van der Waals surface area (Å²) < 4.78 is 1.15. The lowest BCUT2D eigenvalue weighted by Crippen LogP contribution is -2.58. The number of aromatic nitrogens is 1. The van der Waals surface area contributed by atoms with E-state index in [2.05, 4.69) is 11.1 Å². The van der Waals surface area contributed by atoms with Crippen molar-refractivity contribution in [3.63, 3.8) is 0 Å². The summed E-state index contributed by atoms with van der Waals surface area (Å²) in [6.07, 6.45) is 1.99. The van der Waals surface area contributed by atoms with E-state index in [1.165, 1.54) is 0 Å². The molecule has 1 saturated heterocycles. The first-order valence-corrected chi connectivity index (χ1v) is 11.1. The molecule has 1 aliphatic carbocycles. The van der Waals surface area contributed by atoms with Crippen LogP contribution in [0.2, 0.25) is 0 Å². The number of rotatable bonds is 3. The van der Waals surface area contributed by atoms with E-state index in [0.717, 1.165) is 27.2 Å².